The lowest BCUT2D eigenvalue weighted by molar-refractivity contribution is -0.112. The summed E-state index contributed by atoms with van der Waals surface area (Å²) >= 11 is 3.08. The zero-order valence-corrected chi connectivity index (χ0v) is 6.81. The minimum Gasteiger partial charge on any atom is -0.293 e. The zero-order valence-electron chi connectivity index (χ0n) is 5.23. The average molecular weight is 197 g/mol. The number of carbonyl (C=O) groups is 1. The highest BCUT2D eigenvalue weighted by molar-refractivity contribution is 9.09. The van der Waals surface area contributed by atoms with E-state index in [1.807, 2.05) is 0 Å². The smallest absolute Gasteiger partial charge is 0.174 e. The molecule has 0 N–H and O–H groups in total. The molecule has 0 atom stereocenters. The Morgan fingerprint density at radius 3 is 2.90 bits per heavy atom. The van der Waals surface area contributed by atoms with Gasteiger partial charge in [0.2, 0.25) is 0 Å². The van der Waals surface area contributed by atoms with Crippen LogP contribution in [0.2, 0.25) is 0 Å². The fourth-order valence-electron chi connectivity index (χ4n) is 0.598. The fourth-order valence-corrected chi connectivity index (χ4v) is 0.921. The molecule has 1 nitrogen and oxygen atoms in total. The minimum atomic E-state index is 0.0743. The van der Waals surface area contributed by atoms with Crippen LogP contribution in [0.25, 0.3) is 0 Å². The van der Waals surface area contributed by atoms with Gasteiger partial charge in [-0.25, -0.2) is 0 Å². The Labute approximate surface area is 67.6 Å². The molecule has 0 amide bonds. The van der Waals surface area contributed by atoms with Crippen molar-refractivity contribution in [3.8, 4) is 0 Å². The van der Waals surface area contributed by atoms with Crippen LogP contribution in [0.15, 0.2) is 35.3 Å². The Kier molecular flexibility index (Phi) is 2.47. The highest BCUT2D eigenvalue weighted by Gasteiger charge is 2.02. The quantitative estimate of drug-likeness (QED) is 0.486. The zero-order chi connectivity index (χ0) is 7.40. The number of Topliss-reactive ketones (excluding diaryl/α,β-unsaturated/α-hetero) is 1. The van der Waals surface area contributed by atoms with Gasteiger partial charge in [-0.2, -0.15) is 0 Å². The molecule has 10 heavy (non-hydrogen) atoms. The second-order valence-electron chi connectivity index (χ2n) is 1.78. The molecule has 0 heterocycles. The molecule has 2 heteroatoms. The van der Waals surface area contributed by atoms with Gasteiger partial charge in [0.1, 0.15) is 0 Å². The highest BCUT2D eigenvalue weighted by atomic mass is 79.9. The topological polar surface area (TPSA) is 17.1 Å². The summed E-state index contributed by atoms with van der Waals surface area (Å²) in [6, 6.07) is 0. The van der Waals surface area contributed by atoms with Crippen LogP contribution in [0.1, 0.15) is 0 Å². The lowest BCUT2D eigenvalue weighted by atomic mass is 10.1. The molecule has 0 saturated carbocycles. The molecule has 50 valence electrons. The van der Waals surface area contributed by atoms with E-state index in [1.54, 1.807) is 18.2 Å². The molecule has 0 aromatic heterocycles. The lowest BCUT2D eigenvalue weighted by Gasteiger charge is -1.93. The van der Waals surface area contributed by atoms with Crippen LogP contribution < -0.4 is 0 Å². The summed E-state index contributed by atoms with van der Waals surface area (Å²) in [5.41, 5.74) is 6.11. The summed E-state index contributed by atoms with van der Waals surface area (Å²) in [7, 11) is 0. The molecule has 0 fully saturated rings. The number of allylic oxidation sites excluding steroid dienone is 4. The van der Waals surface area contributed by atoms with Gasteiger partial charge in [0.25, 0.3) is 0 Å². The van der Waals surface area contributed by atoms with E-state index in [1.165, 1.54) is 0 Å². The third-order valence-electron chi connectivity index (χ3n) is 1.10. The average Bonchev–Trinajstić information content (AvgIpc) is 2.05. The molecule has 1 aliphatic carbocycles. The monoisotopic (exact) mass is 196 g/mol. The molecule has 0 bridgehead atoms. The Balaban J connectivity index is 2.80. The number of carbonyl (C=O) groups excluding carboxylic acids is 1. The van der Waals surface area contributed by atoms with Crippen molar-refractivity contribution >= 4 is 21.7 Å². The first kappa shape index (κ1) is 7.30. The van der Waals surface area contributed by atoms with Crippen LogP contribution in [0.4, 0.5) is 0 Å². The van der Waals surface area contributed by atoms with Gasteiger partial charge in [-0.1, -0.05) is 27.4 Å². The normalized spacial score (nSPS) is 13.5. The first-order valence-corrected chi connectivity index (χ1v) is 3.93. The molecule has 1 rings (SSSR count). The van der Waals surface area contributed by atoms with Crippen molar-refractivity contribution in [1.29, 1.82) is 0 Å². The second-order valence-corrected chi connectivity index (χ2v) is 2.34. The predicted octanol–water partition coefficient (Wildman–Crippen LogP) is 1.76. The van der Waals surface area contributed by atoms with Crippen molar-refractivity contribution in [3.05, 3.63) is 35.3 Å². The van der Waals surface area contributed by atoms with E-state index in [0.29, 0.717) is 10.9 Å². The highest BCUT2D eigenvalue weighted by Crippen LogP contribution is 2.03. The van der Waals surface area contributed by atoms with Crippen molar-refractivity contribution in [2.45, 2.75) is 0 Å². The SMILES string of the molecule is O=C(CBr)C1=CC=C=C=C1. The van der Waals surface area contributed by atoms with Gasteiger partial charge in [0, 0.05) is 5.57 Å². The van der Waals surface area contributed by atoms with E-state index in [0.717, 1.165) is 0 Å². The molecule has 0 unspecified atom stereocenters. The van der Waals surface area contributed by atoms with E-state index in [4.69, 9.17) is 0 Å². The van der Waals surface area contributed by atoms with Crippen molar-refractivity contribution < 1.29 is 4.79 Å². The molecular formula is C8H5BrO. The number of ketones is 1. The van der Waals surface area contributed by atoms with Crippen LogP contribution in [0, 0.1) is 0 Å². The second kappa shape index (κ2) is 3.38. The molecule has 0 aromatic carbocycles. The number of rotatable bonds is 2. The van der Waals surface area contributed by atoms with Crippen LogP contribution in [-0.4, -0.2) is 11.1 Å². The Morgan fingerprint density at radius 1 is 1.60 bits per heavy atom. The third-order valence-corrected chi connectivity index (χ3v) is 1.61. The maximum Gasteiger partial charge on any atom is 0.174 e. The number of alkyl halides is 1. The predicted molar refractivity (Wildman–Crippen MR) is 43.0 cm³/mol. The van der Waals surface area contributed by atoms with Crippen molar-refractivity contribution in [2.24, 2.45) is 0 Å². The first-order valence-electron chi connectivity index (χ1n) is 2.81. The van der Waals surface area contributed by atoms with Gasteiger partial charge in [-0.05, 0) is 18.2 Å². The minimum absolute atomic E-state index is 0.0743. The Bertz CT molecular complexity index is 274. The summed E-state index contributed by atoms with van der Waals surface area (Å²) in [6.07, 6.45) is 5.03. The molecule has 1 aliphatic rings. The molecule has 0 aromatic rings. The molecule has 0 saturated heterocycles. The van der Waals surface area contributed by atoms with Crippen molar-refractivity contribution in [2.75, 3.05) is 5.33 Å². The van der Waals surface area contributed by atoms with Crippen LogP contribution >= 0.6 is 15.9 Å². The molecular weight excluding hydrogens is 192 g/mol. The van der Waals surface area contributed by atoms with E-state index >= 15 is 0 Å². The molecule has 0 aliphatic heterocycles. The lowest BCUT2D eigenvalue weighted by Crippen LogP contribution is -2.00. The summed E-state index contributed by atoms with van der Waals surface area (Å²) < 4.78 is 0. The van der Waals surface area contributed by atoms with Crippen molar-refractivity contribution in [3.63, 3.8) is 0 Å². The van der Waals surface area contributed by atoms with Gasteiger partial charge in [0.05, 0.1) is 5.33 Å². The van der Waals surface area contributed by atoms with Gasteiger partial charge in [0.15, 0.2) is 5.78 Å². The largest absolute Gasteiger partial charge is 0.293 e. The fraction of sp³-hybridized carbons (Fsp3) is 0.125. The standard InChI is InChI=1S/C8H5BrO/c9-6-8(10)7-4-2-1-3-5-7/h2,4-5H,6H2. The summed E-state index contributed by atoms with van der Waals surface area (Å²) in [6.45, 7) is 0. The van der Waals surface area contributed by atoms with E-state index in [9.17, 15) is 4.79 Å². The first-order chi connectivity index (χ1) is 4.84. The molecule has 0 spiro atoms. The number of hydrogen-bond acceptors (Lipinski definition) is 1. The summed E-state index contributed by atoms with van der Waals surface area (Å²) in [5.74, 6) is 0.0743. The van der Waals surface area contributed by atoms with Crippen LogP contribution in [0.3, 0.4) is 0 Å². The number of halogens is 1. The van der Waals surface area contributed by atoms with E-state index in [2.05, 4.69) is 27.4 Å². The van der Waals surface area contributed by atoms with Gasteiger partial charge in [-0.3, -0.25) is 4.79 Å². The summed E-state index contributed by atoms with van der Waals surface area (Å²) in [4.78, 5) is 10.9. The maximum absolute atomic E-state index is 10.9. The van der Waals surface area contributed by atoms with Gasteiger partial charge < -0.3 is 0 Å². The number of hydrogen-bond donors (Lipinski definition) is 0. The van der Waals surface area contributed by atoms with Gasteiger partial charge in [-0.15, -0.1) is 0 Å². The van der Waals surface area contributed by atoms with Crippen LogP contribution in [0.5, 0.6) is 0 Å². The summed E-state index contributed by atoms with van der Waals surface area (Å²) in [5, 5.41) is 0.366. The Morgan fingerprint density at radius 2 is 2.40 bits per heavy atom. The third kappa shape index (κ3) is 1.58. The van der Waals surface area contributed by atoms with Gasteiger partial charge >= 0.3 is 0 Å². The Hall–Kier alpha value is -0.810. The van der Waals surface area contributed by atoms with Crippen LogP contribution in [-0.2, 0) is 4.79 Å². The van der Waals surface area contributed by atoms with Crippen molar-refractivity contribution in [1.82, 2.24) is 0 Å². The van der Waals surface area contributed by atoms with E-state index in [-0.39, 0.29) is 5.78 Å². The maximum atomic E-state index is 10.9. The van der Waals surface area contributed by atoms with E-state index < -0.39 is 0 Å². The molecule has 0 radical (unpaired) electrons.